The molecule has 0 aliphatic carbocycles. The molecule has 2 heterocycles. The van der Waals surface area contributed by atoms with Gasteiger partial charge in [0.25, 0.3) is 10.0 Å². The minimum absolute atomic E-state index is 0.00688. The SMILES string of the molecule is CCCNC(=O)N1CCc2cc(S(=O)(=O)N3CC(c4cccc(C)c4)N=C3N)ccc21. The van der Waals surface area contributed by atoms with E-state index in [1.807, 2.05) is 38.1 Å². The second-order valence-electron chi connectivity index (χ2n) is 7.88. The van der Waals surface area contributed by atoms with Gasteiger partial charge in [0.15, 0.2) is 0 Å². The smallest absolute Gasteiger partial charge is 0.321 e. The van der Waals surface area contributed by atoms with Crippen molar-refractivity contribution in [1.29, 1.82) is 0 Å². The number of anilines is 1. The Morgan fingerprint density at radius 3 is 2.81 bits per heavy atom. The molecule has 3 N–H and O–H groups in total. The number of sulfonamides is 1. The molecular weight excluding hydrogens is 414 g/mol. The number of nitrogens with zero attached hydrogens (tertiary/aromatic N) is 3. The number of rotatable bonds is 5. The van der Waals surface area contributed by atoms with Gasteiger partial charge in [-0.1, -0.05) is 36.8 Å². The zero-order chi connectivity index (χ0) is 22.2. The largest absolute Gasteiger partial charge is 0.369 e. The van der Waals surface area contributed by atoms with E-state index >= 15 is 0 Å². The number of hydrogen-bond donors (Lipinski definition) is 2. The average molecular weight is 442 g/mol. The molecule has 0 bridgehead atoms. The van der Waals surface area contributed by atoms with E-state index in [1.54, 1.807) is 17.0 Å². The number of carbonyl (C=O) groups is 1. The van der Waals surface area contributed by atoms with Gasteiger partial charge in [0.05, 0.1) is 17.5 Å². The zero-order valence-electron chi connectivity index (χ0n) is 17.7. The molecule has 0 aromatic heterocycles. The van der Waals surface area contributed by atoms with Crippen LogP contribution >= 0.6 is 0 Å². The fourth-order valence-electron chi connectivity index (χ4n) is 4.00. The molecule has 0 spiro atoms. The van der Waals surface area contributed by atoms with Gasteiger partial charge in [-0.2, -0.15) is 0 Å². The van der Waals surface area contributed by atoms with E-state index < -0.39 is 10.0 Å². The molecule has 0 radical (unpaired) electrons. The van der Waals surface area contributed by atoms with E-state index in [2.05, 4.69) is 10.3 Å². The van der Waals surface area contributed by atoms with Crippen LogP contribution in [0.5, 0.6) is 0 Å². The Kier molecular flexibility index (Phi) is 5.62. The molecule has 1 atom stereocenters. The standard InChI is InChI=1S/C22H27N5O3S/c1-3-10-24-22(28)26-11-9-17-13-18(7-8-20(17)26)31(29,30)27-14-19(25-21(27)23)16-6-4-5-15(2)12-16/h4-8,12-13,19H,3,9-11,14H2,1-2H3,(H2,23,25)(H,24,28). The highest BCUT2D eigenvalue weighted by atomic mass is 32.2. The molecule has 8 nitrogen and oxygen atoms in total. The number of amides is 2. The summed E-state index contributed by atoms with van der Waals surface area (Å²) < 4.78 is 27.8. The second-order valence-corrected chi connectivity index (χ2v) is 9.74. The Bertz CT molecular complexity index is 1150. The molecule has 2 aromatic carbocycles. The number of nitrogens with two attached hydrogens (primary N) is 1. The number of carbonyl (C=O) groups excluding carboxylic acids is 1. The van der Waals surface area contributed by atoms with Crippen molar-refractivity contribution in [3.63, 3.8) is 0 Å². The molecule has 4 rings (SSSR count). The second kappa shape index (κ2) is 8.22. The maximum absolute atomic E-state index is 13.3. The highest BCUT2D eigenvalue weighted by Gasteiger charge is 2.35. The minimum Gasteiger partial charge on any atom is -0.369 e. The maximum atomic E-state index is 13.3. The van der Waals surface area contributed by atoms with Crippen molar-refractivity contribution in [3.05, 3.63) is 59.2 Å². The van der Waals surface area contributed by atoms with Gasteiger partial charge in [-0.05, 0) is 49.1 Å². The van der Waals surface area contributed by atoms with Crippen LogP contribution in [0.2, 0.25) is 0 Å². The number of fused-ring (bicyclic) bond motifs is 1. The van der Waals surface area contributed by atoms with Crippen molar-refractivity contribution in [2.75, 3.05) is 24.5 Å². The summed E-state index contributed by atoms with van der Waals surface area (Å²) in [5.41, 5.74) is 9.62. The Balaban J connectivity index is 1.56. The van der Waals surface area contributed by atoms with E-state index in [9.17, 15) is 13.2 Å². The topological polar surface area (TPSA) is 108 Å². The number of aliphatic imine (C=N–C) groups is 1. The summed E-state index contributed by atoms with van der Waals surface area (Å²) in [6.07, 6.45) is 1.46. The van der Waals surface area contributed by atoms with Crippen molar-refractivity contribution < 1.29 is 13.2 Å². The third kappa shape index (κ3) is 3.97. The molecule has 164 valence electrons. The van der Waals surface area contributed by atoms with Crippen LogP contribution in [-0.2, 0) is 16.4 Å². The van der Waals surface area contributed by atoms with E-state index in [-0.39, 0.29) is 29.5 Å². The predicted octanol–water partition coefficient (Wildman–Crippen LogP) is 2.54. The van der Waals surface area contributed by atoms with Gasteiger partial charge in [0.2, 0.25) is 5.96 Å². The zero-order valence-corrected chi connectivity index (χ0v) is 18.5. The number of benzene rings is 2. The van der Waals surface area contributed by atoms with Crippen LogP contribution < -0.4 is 16.0 Å². The van der Waals surface area contributed by atoms with Crippen LogP contribution in [0.15, 0.2) is 52.4 Å². The Morgan fingerprint density at radius 2 is 2.06 bits per heavy atom. The first-order valence-electron chi connectivity index (χ1n) is 10.4. The molecule has 0 fully saturated rings. The van der Waals surface area contributed by atoms with Gasteiger partial charge in [-0.25, -0.2) is 22.5 Å². The number of guanidine groups is 1. The lowest BCUT2D eigenvalue weighted by atomic mass is 10.1. The normalized spacial score (nSPS) is 18.1. The van der Waals surface area contributed by atoms with E-state index in [4.69, 9.17) is 5.73 Å². The highest BCUT2D eigenvalue weighted by molar-refractivity contribution is 7.89. The summed E-state index contributed by atoms with van der Waals surface area (Å²) in [6.45, 7) is 5.27. The van der Waals surface area contributed by atoms with Gasteiger partial charge in [0.1, 0.15) is 0 Å². The lowest BCUT2D eigenvalue weighted by molar-refractivity contribution is 0.247. The third-order valence-electron chi connectivity index (χ3n) is 5.62. The molecule has 31 heavy (non-hydrogen) atoms. The lowest BCUT2D eigenvalue weighted by Crippen LogP contribution is -2.39. The van der Waals surface area contributed by atoms with Crippen LogP contribution in [0.4, 0.5) is 10.5 Å². The molecular formula is C22H27N5O3S. The van der Waals surface area contributed by atoms with Crippen molar-refractivity contribution in [1.82, 2.24) is 9.62 Å². The van der Waals surface area contributed by atoms with Gasteiger partial charge in [-0.3, -0.25) is 4.90 Å². The molecule has 0 saturated heterocycles. The van der Waals surface area contributed by atoms with Gasteiger partial charge in [-0.15, -0.1) is 0 Å². The van der Waals surface area contributed by atoms with Gasteiger partial charge in [0, 0.05) is 18.8 Å². The van der Waals surface area contributed by atoms with Crippen molar-refractivity contribution in [2.24, 2.45) is 10.7 Å². The van der Waals surface area contributed by atoms with Crippen LogP contribution in [0.25, 0.3) is 0 Å². The monoisotopic (exact) mass is 441 g/mol. The van der Waals surface area contributed by atoms with Crippen molar-refractivity contribution in [3.8, 4) is 0 Å². The first-order chi connectivity index (χ1) is 14.8. The molecule has 0 saturated carbocycles. The molecule has 2 amide bonds. The molecule has 1 unspecified atom stereocenters. The van der Waals surface area contributed by atoms with Gasteiger partial charge >= 0.3 is 6.03 Å². The quantitative estimate of drug-likeness (QED) is 0.743. The number of aryl methyl sites for hydroxylation is 1. The number of urea groups is 1. The number of hydrogen-bond acceptors (Lipinski definition) is 5. The summed E-state index contributed by atoms with van der Waals surface area (Å²) in [5.74, 6) is -0.00688. The molecule has 2 aromatic rings. The summed E-state index contributed by atoms with van der Waals surface area (Å²) in [7, 11) is -3.85. The molecule has 2 aliphatic heterocycles. The van der Waals surface area contributed by atoms with Crippen LogP contribution in [0.1, 0.15) is 36.1 Å². The first kappa shape index (κ1) is 21.2. The Hall–Kier alpha value is -3.07. The maximum Gasteiger partial charge on any atom is 0.321 e. The van der Waals surface area contributed by atoms with Gasteiger partial charge < -0.3 is 11.1 Å². The third-order valence-corrected chi connectivity index (χ3v) is 7.38. The summed E-state index contributed by atoms with van der Waals surface area (Å²) in [4.78, 5) is 18.6. The summed E-state index contributed by atoms with van der Waals surface area (Å²) in [5, 5.41) is 2.86. The summed E-state index contributed by atoms with van der Waals surface area (Å²) in [6, 6.07) is 12.2. The van der Waals surface area contributed by atoms with E-state index in [0.29, 0.717) is 19.5 Å². The lowest BCUT2D eigenvalue weighted by Gasteiger charge is -2.20. The van der Waals surface area contributed by atoms with Crippen LogP contribution in [0.3, 0.4) is 0 Å². The first-order valence-corrected chi connectivity index (χ1v) is 11.9. The fraction of sp³-hybridized carbons (Fsp3) is 0.364. The Labute approximate surface area is 182 Å². The van der Waals surface area contributed by atoms with Crippen molar-refractivity contribution in [2.45, 2.75) is 37.6 Å². The Morgan fingerprint density at radius 1 is 1.26 bits per heavy atom. The highest BCUT2D eigenvalue weighted by Crippen LogP contribution is 2.33. The van der Waals surface area contributed by atoms with E-state index in [1.165, 1.54) is 10.4 Å². The molecule has 2 aliphatic rings. The van der Waals surface area contributed by atoms with Crippen LogP contribution in [-0.4, -0.2) is 44.3 Å². The molecule has 9 heteroatoms. The average Bonchev–Trinajstić information content (AvgIpc) is 3.35. The minimum atomic E-state index is -3.85. The van der Waals surface area contributed by atoms with E-state index in [0.717, 1.165) is 28.8 Å². The predicted molar refractivity (Wildman–Crippen MR) is 121 cm³/mol. The van der Waals surface area contributed by atoms with Crippen LogP contribution in [0, 0.1) is 6.92 Å². The fourth-order valence-corrected chi connectivity index (χ4v) is 5.41. The summed E-state index contributed by atoms with van der Waals surface area (Å²) >= 11 is 0. The van der Waals surface area contributed by atoms with Crippen molar-refractivity contribution >= 4 is 27.7 Å². The number of nitrogens with one attached hydrogen (secondary N) is 1.